The maximum absolute atomic E-state index is 9.72. The normalized spacial score (nSPS) is 33.8. The standard InChI is InChI=1S/C10H20O/c1-8(2)9-6-4-3-5-7-10(9)11/h8-11H,3-7H2,1-2H3/t9?,10-/m1/s1. The maximum Gasteiger partial charge on any atom is 0.0570 e. The molecule has 0 radical (unpaired) electrons. The molecule has 11 heavy (non-hydrogen) atoms. The highest BCUT2D eigenvalue weighted by Gasteiger charge is 2.23. The molecule has 0 heterocycles. The van der Waals surface area contributed by atoms with Crippen molar-refractivity contribution in [1.82, 2.24) is 0 Å². The van der Waals surface area contributed by atoms with Crippen LogP contribution in [-0.4, -0.2) is 11.2 Å². The van der Waals surface area contributed by atoms with Gasteiger partial charge in [0.1, 0.15) is 0 Å². The van der Waals surface area contributed by atoms with Crippen molar-refractivity contribution in [3.05, 3.63) is 0 Å². The Kier molecular flexibility index (Phi) is 3.38. The highest BCUT2D eigenvalue weighted by molar-refractivity contribution is 4.74. The van der Waals surface area contributed by atoms with Crippen LogP contribution < -0.4 is 0 Å². The second kappa shape index (κ2) is 4.10. The fourth-order valence-electron chi connectivity index (χ4n) is 2.09. The monoisotopic (exact) mass is 156 g/mol. The van der Waals surface area contributed by atoms with Crippen LogP contribution in [0.5, 0.6) is 0 Å². The lowest BCUT2D eigenvalue weighted by molar-refractivity contribution is 0.0755. The Hall–Kier alpha value is -0.0400. The lowest BCUT2D eigenvalue weighted by Gasteiger charge is -2.23. The predicted molar refractivity (Wildman–Crippen MR) is 47.4 cm³/mol. The smallest absolute Gasteiger partial charge is 0.0570 e. The van der Waals surface area contributed by atoms with Crippen LogP contribution in [0, 0.1) is 11.8 Å². The molecule has 0 aromatic carbocycles. The van der Waals surface area contributed by atoms with Gasteiger partial charge in [-0.1, -0.05) is 33.1 Å². The van der Waals surface area contributed by atoms with Crippen molar-refractivity contribution in [3.8, 4) is 0 Å². The largest absolute Gasteiger partial charge is 0.393 e. The van der Waals surface area contributed by atoms with E-state index in [0.29, 0.717) is 11.8 Å². The molecule has 1 saturated carbocycles. The van der Waals surface area contributed by atoms with Crippen molar-refractivity contribution in [1.29, 1.82) is 0 Å². The first kappa shape index (κ1) is 9.05. The molecule has 1 heteroatoms. The summed E-state index contributed by atoms with van der Waals surface area (Å²) in [5.41, 5.74) is 0. The molecular formula is C10H20O. The fourth-order valence-corrected chi connectivity index (χ4v) is 2.09. The quantitative estimate of drug-likeness (QED) is 0.578. The van der Waals surface area contributed by atoms with Crippen LogP contribution in [0.2, 0.25) is 0 Å². The lowest BCUT2D eigenvalue weighted by atomic mass is 9.87. The summed E-state index contributed by atoms with van der Waals surface area (Å²) in [6, 6.07) is 0. The van der Waals surface area contributed by atoms with Crippen molar-refractivity contribution in [2.24, 2.45) is 11.8 Å². The minimum atomic E-state index is -0.0162. The third-order valence-electron chi connectivity index (χ3n) is 2.89. The van der Waals surface area contributed by atoms with Gasteiger partial charge in [0.2, 0.25) is 0 Å². The first-order valence-corrected chi connectivity index (χ1v) is 4.90. The summed E-state index contributed by atoms with van der Waals surface area (Å²) in [7, 11) is 0. The van der Waals surface area contributed by atoms with Gasteiger partial charge in [-0.05, 0) is 24.7 Å². The van der Waals surface area contributed by atoms with E-state index in [9.17, 15) is 5.11 Å². The summed E-state index contributed by atoms with van der Waals surface area (Å²) in [5, 5.41) is 9.72. The van der Waals surface area contributed by atoms with Crippen LogP contribution in [0.3, 0.4) is 0 Å². The topological polar surface area (TPSA) is 20.2 Å². The summed E-state index contributed by atoms with van der Waals surface area (Å²) in [5.74, 6) is 1.22. The third kappa shape index (κ3) is 2.48. The Labute approximate surface area is 69.8 Å². The van der Waals surface area contributed by atoms with Crippen molar-refractivity contribution in [2.75, 3.05) is 0 Å². The van der Waals surface area contributed by atoms with Gasteiger partial charge < -0.3 is 5.11 Å². The number of hydrogen-bond acceptors (Lipinski definition) is 1. The van der Waals surface area contributed by atoms with E-state index in [1.165, 1.54) is 25.7 Å². The molecule has 1 N–H and O–H groups in total. The lowest BCUT2D eigenvalue weighted by Crippen LogP contribution is -2.23. The molecule has 0 aromatic heterocycles. The molecule has 66 valence electrons. The second-order valence-corrected chi connectivity index (χ2v) is 4.11. The summed E-state index contributed by atoms with van der Waals surface area (Å²) in [6.07, 6.45) is 6.12. The molecule has 1 aliphatic rings. The summed E-state index contributed by atoms with van der Waals surface area (Å²) >= 11 is 0. The van der Waals surface area contributed by atoms with Gasteiger partial charge in [0.15, 0.2) is 0 Å². The molecule has 1 nitrogen and oxygen atoms in total. The Bertz CT molecular complexity index is 109. The average molecular weight is 156 g/mol. The zero-order valence-corrected chi connectivity index (χ0v) is 7.71. The third-order valence-corrected chi connectivity index (χ3v) is 2.89. The molecule has 0 aliphatic heterocycles. The van der Waals surface area contributed by atoms with Gasteiger partial charge in [-0.25, -0.2) is 0 Å². The van der Waals surface area contributed by atoms with E-state index < -0.39 is 0 Å². The average Bonchev–Trinajstić information content (AvgIpc) is 2.13. The van der Waals surface area contributed by atoms with Crippen LogP contribution in [0.25, 0.3) is 0 Å². The van der Waals surface area contributed by atoms with E-state index in [1.54, 1.807) is 0 Å². The Morgan fingerprint density at radius 2 is 1.73 bits per heavy atom. The minimum absolute atomic E-state index is 0.0162. The van der Waals surface area contributed by atoms with Crippen LogP contribution in [-0.2, 0) is 0 Å². The molecular weight excluding hydrogens is 136 g/mol. The van der Waals surface area contributed by atoms with Gasteiger partial charge in [0.05, 0.1) is 6.10 Å². The Balaban J connectivity index is 2.45. The van der Waals surface area contributed by atoms with Gasteiger partial charge in [0.25, 0.3) is 0 Å². The first-order valence-electron chi connectivity index (χ1n) is 4.90. The van der Waals surface area contributed by atoms with Gasteiger partial charge in [0, 0.05) is 0 Å². The van der Waals surface area contributed by atoms with Crippen molar-refractivity contribution < 1.29 is 5.11 Å². The van der Waals surface area contributed by atoms with E-state index in [4.69, 9.17) is 0 Å². The Morgan fingerprint density at radius 1 is 1.09 bits per heavy atom. The molecule has 0 amide bonds. The number of aliphatic hydroxyl groups excluding tert-OH is 1. The minimum Gasteiger partial charge on any atom is -0.393 e. The van der Waals surface area contributed by atoms with Crippen LogP contribution >= 0.6 is 0 Å². The number of rotatable bonds is 1. The van der Waals surface area contributed by atoms with Crippen LogP contribution in [0.1, 0.15) is 46.0 Å². The number of hydrogen-bond donors (Lipinski definition) is 1. The van der Waals surface area contributed by atoms with E-state index >= 15 is 0 Å². The van der Waals surface area contributed by atoms with E-state index in [-0.39, 0.29) is 6.10 Å². The Morgan fingerprint density at radius 3 is 2.36 bits per heavy atom. The molecule has 0 aromatic rings. The van der Waals surface area contributed by atoms with E-state index in [1.807, 2.05) is 0 Å². The molecule has 1 fully saturated rings. The highest BCUT2D eigenvalue weighted by atomic mass is 16.3. The summed E-state index contributed by atoms with van der Waals surface area (Å²) in [4.78, 5) is 0. The van der Waals surface area contributed by atoms with E-state index in [2.05, 4.69) is 13.8 Å². The SMILES string of the molecule is CC(C)C1CCCCC[C@H]1O. The summed E-state index contributed by atoms with van der Waals surface area (Å²) in [6.45, 7) is 4.44. The van der Waals surface area contributed by atoms with Crippen molar-refractivity contribution >= 4 is 0 Å². The van der Waals surface area contributed by atoms with E-state index in [0.717, 1.165) is 6.42 Å². The van der Waals surface area contributed by atoms with Gasteiger partial charge in [-0.3, -0.25) is 0 Å². The van der Waals surface area contributed by atoms with Crippen LogP contribution in [0.15, 0.2) is 0 Å². The summed E-state index contributed by atoms with van der Waals surface area (Å²) < 4.78 is 0. The molecule has 2 atom stereocenters. The zero-order valence-electron chi connectivity index (χ0n) is 7.71. The van der Waals surface area contributed by atoms with Crippen LogP contribution in [0.4, 0.5) is 0 Å². The van der Waals surface area contributed by atoms with Gasteiger partial charge >= 0.3 is 0 Å². The molecule has 0 saturated heterocycles. The van der Waals surface area contributed by atoms with Crippen molar-refractivity contribution in [2.45, 2.75) is 52.1 Å². The first-order chi connectivity index (χ1) is 5.22. The van der Waals surface area contributed by atoms with Gasteiger partial charge in [-0.2, -0.15) is 0 Å². The highest BCUT2D eigenvalue weighted by Crippen LogP contribution is 2.28. The van der Waals surface area contributed by atoms with Gasteiger partial charge in [-0.15, -0.1) is 0 Å². The van der Waals surface area contributed by atoms with Crippen molar-refractivity contribution in [3.63, 3.8) is 0 Å². The number of aliphatic hydroxyl groups is 1. The fraction of sp³-hybridized carbons (Fsp3) is 1.00. The predicted octanol–water partition coefficient (Wildman–Crippen LogP) is 2.58. The molecule has 0 spiro atoms. The molecule has 1 aliphatic carbocycles. The maximum atomic E-state index is 9.72. The molecule has 1 rings (SSSR count). The zero-order chi connectivity index (χ0) is 8.27. The molecule has 0 bridgehead atoms. The molecule has 1 unspecified atom stereocenters. The second-order valence-electron chi connectivity index (χ2n) is 4.11.